The van der Waals surface area contributed by atoms with Crippen LogP contribution in [0.3, 0.4) is 0 Å². The van der Waals surface area contributed by atoms with Gasteiger partial charge in [0, 0.05) is 17.1 Å². The molecule has 0 aliphatic carbocycles. The third-order valence-electron chi connectivity index (χ3n) is 3.66. The van der Waals surface area contributed by atoms with Crippen molar-refractivity contribution in [2.24, 2.45) is 0 Å². The summed E-state index contributed by atoms with van der Waals surface area (Å²) in [5, 5.41) is 3.46. The van der Waals surface area contributed by atoms with Crippen molar-refractivity contribution in [1.82, 2.24) is 4.98 Å². The first-order chi connectivity index (χ1) is 9.79. The Hall–Kier alpha value is -1.42. The van der Waals surface area contributed by atoms with E-state index in [-0.39, 0.29) is 11.9 Å². The molecule has 0 spiro atoms. The molecular weight excluding hydrogens is 331 g/mol. The lowest BCUT2D eigenvalue weighted by molar-refractivity contribution is 0.620. The van der Waals surface area contributed by atoms with Gasteiger partial charge >= 0.3 is 0 Å². The van der Waals surface area contributed by atoms with Gasteiger partial charge in [0.25, 0.3) is 0 Å². The Kier molecular flexibility index (Phi) is 4.67. The molecule has 1 N–H and O–H groups in total. The van der Waals surface area contributed by atoms with Gasteiger partial charge in [-0.3, -0.25) is 4.98 Å². The van der Waals surface area contributed by atoms with Gasteiger partial charge in [-0.15, -0.1) is 0 Å². The second-order valence-electron chi connectivity index (χ2n) is 5.53. The van der Waals surface area contributed by atoms with Gasteiger partial charge in [-0.05, 0) is 85.4 Å². The van der Waals surface area contributed by atoms with E-state index >= 15 is 0 Å². The van der Waals surface area contributed by atoms with Crippen LogP contribution in [0.2, 0.25) is 0 Å². The molecule has 1 aromatic heterocycles. The highest BCUT2D eigenvalue weighted by molar-refractivity contribution is 9.10. The molecule has 0 saturated heterocycles. The molecular formula is C17H20BrFN2. The quantitative estimate of drug-likeness (QED) is 0.802. The molecule has 0 radical (unpaired) electrons. The Morgan fingerprint density at radius 2 is 1.76 bits per heavy atom. The zero-order chi connectivity index (χ0) is 15.7. The largest absolute Gasteiger partial charge is 0.378 e. The van der Waals surface area contributed by atoms with Gasteiger partial charge in [0.1, 0.15) is 5.82 Å². The molecule has 1 heterocycles. The Morgan fingerprint density at radius 3 is 2.38 bits per heavy atom. The van der Waals surface area contributed by atoms with Crippen LogP contribution in [0.1, 0.15) is 41.0 Å². The molecule has 1 unspecified atom stereocenters. The zero-order valence-electron chi connectivity index (χ0n) is 13.0. The van der Waals surface area contributed by atoms with E-state index in [1.807, 2.05) is 20.8 Å². The van der Waals surface area contributed by atoms with E-state index < -0.39 is 0 Å². The van der Waals surface area contributed by atoms with Crippen molar-refractivity contribution in [3.63, 3.8) is 0 Å². The van der Waals surface area contributed by atoms with E-state index in [1.165, 1.54) is 17.2 Å². The molecule has 4 heteroatoms. The molecule has 112 valence electrons. The summed E-state index contributed by atoms with van der Waals surface area (Å²) in [5.74, 6) is -0.241. The second kappa shape index (κ2) is 6.14. The van der Waals surface area contributed by atoms with Gasteiger partial charge in [0.05, 0.1) is 10.5 Å². The van der Waals surface area contributed by atoms with E-state index in [1.54, 1.807) is 6.07 Å². The molecule has 0 fully saturated rings. The number of rotatable bonds is 3. The van der Waals surface area contributed by atoms with Crippen LogP contribution in [0, 0.1) is 33.5 Å². The normalized spacial score (nSPS) is 12.3. The molecule has 0 aliphatic rings. The number of nitrogens with one attached hydrogen (secondary N) is 1. The van der Waals surface area contributed by atoms with Crippen LogP contribution in [0.25, 0.3) is 0 Å². The van der Waals surface area contributed by atoms with Gasteiger partial charge in [-0.25, -0.2) is 4.39 Å². The van der Waals surface area contributed by atoms with E-state index in [0.717, 1.165) is 22.6 Å². The smallest absolute Gasteiger partial charge is 0.137 e. The van der Waals surface area contributed by atoms with E-state index in [2.05, 4.69) is 46.1 Å². The number of anilines is 1. The fourth-order valence-corrected chi connectivity index (χ4v) is 3.14. The number of halogens is 2. The third kappa shape index (κ3) is 3.43. The van der Waals surface area contributed by atoms with Crippen molar-refractivity contribution >= 4 is 21.6 Å². The van der Waals surface area contributed by atoms with Gasteiger partial charge in [-0.2, -0.15) is 0 Å². The predicted octanol–water partition coefficient (Wildman–Crippen LogP) is 5.39. The van der Waals surface area contributed by atoms with Crippen LogP contribution in [-0.2, 0) is 0 Å². The van der Waals surface area contributed by atoms with Crippen molar-refractivity contribution in [3.8, 4) is 0 Å². The summed E-state index contributed by atoms with van der Waals surface area (Å²) in [5.41, 5.74) is 6.29. The lowest BCUT2D eigenvalue weighted by Crippen LogP contribution is -2.12. The first kappa shape index (κ1) is 16.0. The maximum Gasteiger partial charge on any atom is 0.137 e. The summed E-state index contributed by atoms with van der Waals surface area (Å²) >= 11 is 3.24. The lowest BCUT2D eigenvalue weighted by Gasteiger charge is -2.21. The molecule has 1 atom stereocenters. The summed E-state index contributed by atoms with van der Waals surface area (Å²) in [6.07, 6.45) is 0. The van der Waals surface area contributed by atoms with Crippen LogP contribution >= 0.6 is 15.9 Å². The summed E-state index contributed by atoms with van der Waals surface area (Å²) in [6.45, 7) is 10.1. The van der Waals surface area contributed by atoms with Crippen molar-refractivity contribution in [2.75, 3.05) is 5.32 Å². The maximum absolute atomic E-state index is 13.5. The minimum atomic E-state index is -0.241. The fraction of sp³-hybridized carbons (Fsp3) is 0.353. The summed E-state index contributed by atoms with van der Waals surface area (Å²) in [4.78, 5) is 4.54. The molecule has 0 saturated carbocycles. The van der Waals surface area contributed by atoms with Gasteiger partial charge in [0.2, 0.25) is 0 Å². The number of aromatic nitrogens is 1. The summed E-state index contributed by atoms with van der Waals surface area (Å²) in [6, 6.07) is 5.52. The van der Waals surface area contributed by atoms with Crippen LogP contribution in [0.4, 0.5) is 10.1 Å². The molecule has 0 aliphatic heterocycles. The minimum absolute atomic E-state index is 0.106. The number of benzene rings is 1. The number of hydrogen-bond donors (Lipinski definition) is 1. The molecule has 2 aromatic rings. The van der Waals surface area contributed by atoms with Gasteiger partial charge in [-0.1, -0.05) is 0 Å². The Balaban J connectivity index is 2.35. The number of nitrogens with zero attached hydrogens (tertiary/aromatic N) is 1. The fourth-order valence-electron chi connectivity index (χ4n) is 2.80. The molecule has 2 rings (SSSR count). The third-order valence-corrected chi connectivity index (χ3v) is 4.26. The number of pyridine rings is 1. The van der Waals surface area contributed by atoms with E-state index in [4.69, 9.17) is 0 Å². The molecule has 1 aromatic carbocycles. The average Bonchev–Trinajstić information content (AvgIpc) is 2.34. The highest BCUT2D eigenvalue weighted by Crippen LogP contribution is 2.29. The molecule has 2 nitrogen and oxygen atoms in total. The van der Waals surface area contributed by atoms with Crippen molar-refractivity contribution in [2.45, 2.75) is 40.7 Å². The van der Waals surface area contributed by atoms with Gasteiger partial charge < -0.3 is 5.32 Å². The highest BCUT2D eigenvalue weighted by atomic mass is 79.9. The van der Waals surface area contributed by atoms with E-state index in [9.17, 15) is 4.39 Å². The lowest BCUT2D eigenvalue weighted by atomic mass is 10.00. The van der Waals surface area contributed by atoms with Crippen LogP contribution in [0.15, 0.2) is 22.7 Å². The Bertz CT molecular complexity index is 660. The summed E-state index contributed by atoms with van der Waals surface area (Å²) in [7, 11) is 0. The van der Waals surface area contributed by atoms with Crippen LogP contribution in [-0.4, -0.2) is 4.98 Å². The standard InChI is InChI=1S/C17H20BrFN2/c1-9-7-15(19)14(18)8-16(9)21-13(5)17-10(2)6-11(3)20-12(17)4/h6-8,13,21H,1-5H3. The SMILES string of the molecule is Cc1cc(C)c(C(C)Nc2cc(Br)c(F)cc2C)c(C)n1. The zero-order valence-corrected chi connectivity index (χ0v) is 14.6. The topological polar surface area (TPSA) is 24.9 Å². The number of hydrogen-bond acceptors (Lipinski definition) is 2. The van der Waals surface area contributed by atoms with E-state index in [0.29, 0.717) is 4.47 Å². The number of aryl methyl sites for hydroxylation is 4. The van der Waals surface area contributed by atoms with Crippen LogP contribution in [0.5, 0.6) is 0 Å². The first-order valence-corrected chi connectivity index (χ1v) is 7.75. The first-order valence-electron chi connectivity index (χ1n) is 6.96. The van der Waals surface area contributed by atoms with Gasteiger partial charge in [0.15, 0.2) is 0 Å². The molecule has 0 amide bonds. The summed E-state index contributed by atoms with van der Waals surface area (Å²) < 4.78 is 14.0. The second-order valence-corrected chi connectivity index (χ2v) is 6.38. The van der Waals surface area contributed by atoms with Crippen molar-refractivity contribution < 1.29 is 4.39 Å². The van der Waals surface area contributed by atoms with Crippen molar-refractivity contribution in [3.05, 3.63) is 56.6 Å². The Morgan fingerprint density at radius 1 is 1.10 bits per heavy atom. The molecule has 0 bridgehead atoms. The monoisotopic (exact) mass is 350 g/mol. The van der Waals surface area contributed by atoms with Crippen LogP contribution < -0.4 is 5.32 Å². The highest BCUT2D eigenvalue weighted by Gasteiger charge is 2.15. The van der Waals surface area contributed by atoms with Crippen molar-refractivity contribution in [1.29, 1.82) is 0 Å². The Labute approximate surface area is 133 Å². The predicted molar refractivity (Wildman–Crippen MR) is 89.3 cm³/mol. The average molecular weight is 351 g/mol. The molecule has 21 heavy (non-hydrogen) atoms. The maximum atomic E-state index is 13.5. The minimum Gasteiger partial charge on any atom is -0.378 e.